The maximum absolute atomic E-state index is 14.2. The molecule has 4 heteroatoms. The van der Waals surface area contributed by atoms with Crippen molar-refractivity contribution in [2.24, 2.45) is 0 Å². The molecular formula is C14H15FO3. The van der Waals surface area contributed by atoms with Crippen LogP contribution in [0, 0.1) is 5.82 Å². The number of carboxylic acid groups (broad SMARTS) is 1. The molecule has 1 N–H and O–H groups in total. The molecule has 96 valence electrons. The minimum absolute atomic E-state index is 0.377. The van der Waals surface area contributed by atoms with E-state index in [2.05, 4.69) is 0 Å². The van der Waals surface area contributed by atoms with Gasteiger partial charge in [0.1, 0.15) is 11.6 Å². The van der Waals surface area contributed by atoms with Crippen molar-refractivity contribution in [3.05, 3.63) is 29.1 Å². The number of carboxylic acids is 1. The number of hydrogen-bond acceptors (Lipinski definition) is 2. The standard InChI is InChI=1S/C14H15FO3/c15-10-3-4-11-9(5-8-18-11)12(10)14(13(16)17)6-1-2-7-14/h3-4H,1-2,5-8H2,(H,16,17). The highest BCUT2D eigenvalue weighted by Crippen LogP contribution is 2.46. The van der Waals surface area contributed by atoms with Crippen molar-refractivity contribution in [3.8, 4) is 5.75 Å². The Labute approximate surface area is 105 Å². The maximum Gasteiger partial charge on any atom is 0.314 e. The van der Waals surface area contributed by atoms with E-state index < -0.39 is 17.2 Å². The summed E-state index contributed by atoms with van der Waals surface area (Å²) in [6.45, 7) is 0.515. The van der Waals surface area contributed by atoms with E-state index in [4.69, 9.17) is 4.74 Å². The first kappa shape index (κ1) is 11.5. The number of benzene rings is 1. The lowest BCUT2D eigenvalue weighted by atomic mass is 9.76. The van der Waals surface area contributed by atoms with Gasteiger partial charge in [0.25, 0.3) is 0 Å². The number of rotatable bonds is 2. The third-order valence-electron chi connectivity index (χ3n) is 4.17. The van der Waals surface area contributed by atoms with Gasteiger partial charge in [-0.25, -0.2) is 4.39 Å². The third kappa shape index (κ3) is 1.44. The van der Waals surface area contributed by atoms with E-state index in [0.717, 1.165) is 18.4 Å². The summed E-state index contributed by atoms with van der Waals surface area (Å²) in [6.07, 6.45) is 3.34. The van der Waals surface area contributed by atoms with Crippen molar-refractivity contribution < 1.29 is 19.0 Å². The Morgan fingerprint density at radius 1 is 1.33 bits per heavy atom. The van der Waals surface area contributed by atoms with E-state index in [1.54, 1.807) is 6.07 Å². The fourth-order valence-electron chi connectivity index (χ4n) is 3.31. The third-order valence-corrected chi connectivity index (χ3v) is 4.17. The first-order valence-corrected chi connectivity index (χ1v) is 6.33. The normalized spacial score (nSPS) is 20.5. The highest BCUT2D eigenvalue weighted by Gasteiger charge is 2.47. The smallest absolute Gasteiger partial charge is 0.314 e. The number of aliphatic carboxylic acids is 1. The van der Waals surface area contributed by atoms with Gasteiger partial charge in [0.2, 0.25) is 0 Å². The van der Waals surface area contributed by atoms with Crippen LogP contribution in [0.1, 0.15) is 36.8 Å². The van der Waals surface area contributed by atoms with Crippen molar-refractivity contribution in [3.63, 3.8) is 0 Å². The monoisotopic (exact) mass is 250 g/mol. The molecule has 1 saturated carbocycles. The van der Waals surface area contributed by atoms with Gasteiger partial charge in [0.05, 0.1) is 12.0 Å². The van der Waals surface area contributed by atoms with Gasteiger partial charge >= 0.3 is 5.97 Å². The molecule has 0 amide bonds. The SMILES string of the molecule is O=C(O)C1(c2c(F)ccc3c2CCO3)CCCC1. The van der Waals surface area contributed by atoms with E-state index in [-0.39, 0.29) is 0 Å². The topological polar surface area (TPSA) is 46.5 Å². The van der Waals surface area contributed by atoms with Crippen LogP contribution < -0.4 is 4.74 Å². The Balaban J connectivity index is 2.21. The molecule has 0 aromatic heterocycles. The van der Waals surface area contributed by atoms with Gasteiger partial charge in [-0.15, -0.1) is 0 Å². The molecule has 2 aliphatic rings. The van der Waals surface area contributed by atoms with E-state index in [9.17, 15) is 14.3 Å². The molecule has 1 aliphatic carbocycles. The molecule has 1 aromatic carbocycles. The highest BCUT2D eigenvalue weighted by molar-refractivity contribution is 5.83. The summed E-state index contributed by atoms with van der Waals surface area (Å²) in [5, 5.41) is 9.57. The van der Waals surface area contributed by atoms with Crippen LogP contribution in [0.3, 0.4) is 0 Å². The summed E-state index contributed by atoms with van der Waals surface area (Å²) in [5.74, 6) is -0.651. The number of fused-ring (bicyclic) bond motifs is 1. The van der Waals surface area contributed by atoms with E-state index in [1.807, 2.05) is 0 Å². The average molecular weight is 250 g/mol. The maximum atomic E-state index is 14.2. The van der Waals surface area contributed by atoms with Crippen LogP contribution >= 0.6 is 0 Å². The summed E-state index contributed by atoms with van der Waals surface area (Å²) in [5.41, 5.74) is 0.102. The van der Waals surface area contributed by atoms with Crippen LogP contribution in [0.15, 0.2) is 12.1 Å². The first-order chi connectivity index (χ1) is 8.65. The predicted octanol–water partition coefficient (Wildman–Crippen LogP) is 2.66. The molecule has 0 spiro atoms. The lowest BCUT2D eigenvalue weighted by Gasteiger charge is -2.26. The summed E-state index contributed by atoms with van der Waals surface area (Å²) in [4.78, 5) is 11.7. The van der Waals surface area contributed by atoms with Crippen LogP contribution in [0.25, 0.3) is 0 Å². The molecule has 0 bridgehead atoms. The molecule has 1 aromatic rings. The Morgan fingerprint density at radius 2 is 2.06 bits per heavy atom. The molecule has 1 heterocycles. The quantitative estimate of drug-likeness (QED) is 0.877. The van der Waals surface area contributed by atoms with Crippen molar-refractivity contribution in [2.45, 2.75) is 37.5 Å². The average Bonchev–Trinajstić information content (AvgIpc) is 2.96. The lowest BCUT2D eigenvalue weighted by Crippen LogP contribution is -2.34. The van der Waals surface area contributed by atoms with Crippen molar-refractivity contribution in [1.82, 2.24) is 0 Å². The summed E-state index contributed by atoms with van der Waals surface area (Å²) >= 11 is 0. The fraction of sp³-hybridized carbons (Fsp3) is 0.500. The zero-order chi connectivity index (χ0) is 12.8. The van der Waals surface area contributed by atoms with Crippen LogP contribution in [0.4, 0.5) is 4.39 Å². The van der Waals surface area contributed by atoms with Gasteiger partial charge in [-0.05, 0) is 25.0 Å². The largest absolute Gasteiger partial charge is 0.493 e. The van der Waals surface area contributed by atoms with Gasteiger partial charge in [-0.1, -0.05) is 12.8 Å². The van der Waals surface area contributed by atoms with Crippen molar-refractivity contribution in [2.75, 3.05) is 6.61 Å². The molecule has 3 rings (SSSR count). The van der Waals surface area contributed by atoms with E-state index in [0.29, 0.717) is 37.2 Å². The minimum atomic E-state index is -1.04. The molecular weight excluding hydrogens is 235 g/mol. The summed E-state index contributed by atoms with van der Waals surface area (Å²) in [6, 6.07) is 2.94. The second-order valence-corrected chi connectivity index (χ2v) is 5.09. The second-order valence-electron chi connectivity index (χ2n) is 5.09. The van der Waals surface area contributed by atoms with Crippen molar-refractivity contribution >= 4 is 5.97 Å². The zero-order valence-corrected chi connectivity index (χ0v) is 10.0. The van der Waals surface area contributed by atoms with Crippen LogP contribution in [0.5, 0.6) is 5.75 Å². The summed E-state index contributed by atoms with van der Waals surface area (Å²) in [7, 11) is 0. The van der Waals surface area contributed by atoms with Crippen LogP contribution in [-0.2, 0) is 16.6 Å². The van der Waals surface area contributed by atoms with Gasteiger partial charge < -0.3 is 9.84 Å². The Bertz CT molecular complexity index is 504. The lowest BCUT2D eigenvalue weighted by molar-refractivity contribution is -0.143. The predicted molar refractivity (Wildman–Crippen MR) is 63.4 cm³/mol. The van der Waals surface area contributed by atoms with Gasteiger partial charge in [-0.2, -0.15) is 0 Å². The molecule has 1 fully saturated rings. The Morgan fingerprint density at radius 3 is 2.72 bits per heavy atom. The van der Waals surface area contributed by atoms with Crippen LogP contribution in [0.2, 0.25) is 0 Å². The number of ether oxygens (including phenoxy) is 1. The highest BCUT2D eigenvalue weighted by atomic mass is 19.1. The number of carbonyl (C=O) groups is 1. The zero-order valence-electron chi connectivity index (χ0n) is 10.0. The van der Waals surface area contributed by atoms with Crippen LogP contribution in [-0.4, -0.2) is 17.7 Å². The minimum Gasteiger partial charge on any atom is -0.493 e. The molecule has 0 unspecified atom stereocenters. The Kier molecular flexibility index (Phi) is 2.54. The molecule has 0 radical (unpaired) electrons. The van der Waals surface area contributed by atoms with Crippen molar-refractivity contribution in [1.29, 1.82) is 0 Å². The van der Waals surface area contributed by atoms with Gasteiger partial charge in [-0.3, -0.25) is 4.79 Å². The van der Waals surface area contributed by atoms with Gasteiger partial charge in [0.15, 0.2) is 0 Å². The molecule has 18 heavy (non-hydrogen) atoms. The molecule has 1 aliphatic heterocycles. The van der Waals surface area contributed by atoms with E-state index >= 15 is 0 Å². The Hall–Kier alpha value is -1.58. The number of hydrogen-bond donors (Lipinski definition) is 1. The second kappa shape index (κ2) is 3.97. The fourth-order valence-corrected chi connectivity index (χ4v) is 3.31. The molecule has 0 atom stereocenters. The first-order valence-electron chi connectivity index (χ1n) is 6.33. The number of halogens is 1. The summed E-state index contributed by atoms with van der Waals surface area (Å²) < 4.78 is 19.6. The molecule has 0 saturated heterocycles. The van der Waals surface area contributed by atoms with E-state index in [1.165, 1.54) is 6.07 Å². The van der Waals surface area contributed by atoms with Gasteiger partial charge in [0, 0.05) is 17.5 Å². The molecule has 3 nitrogen and oxygen atoms in total.